The molecule has 4 aromatic carbocycles. The van der Waals surface area contributed by atoms with Crippen molar-refractivity contribution in [1.29, 1.82) is 10.5 Å². The van der Waals surface area contributed by atoms with Gasteiger partial charge in [0.25, 0.3) is 11.8 Å². The second-order valence-electron chi connectivity index (χ2n) is 16.4. The van der Waals surface area contributed by atoms with E-state index in [1.165, 1.54) is 0 Å². The minimum atomic E-state index is -0.887. The van der Waals surface area contributed by atoms with Gasteiger partial charge in [0.1, 0.15) is 23.3 Å². The number of benzene rings is 4. The van der Waals surface area contributed by atoms with E-state index in [1.54, 1.807) is 58.3 Å². The van der Waals surface area contributed by atoms with Crippen LogP contribution >= 0.6 is 0 Å². The van der Waals surface area contributed by atoms with Crippen LogP contribution in [0.1, 0.15) is 47.2 Å². The zero-order chi connectivity index (χ0) is 44.7. The van der Waals surface area contributed by atoms with Crippen LogP contribution in [-0.2, 0) is 9.59 Å². The summed E-state index contributed by atoms with van der Waals surface area (Å²) < 4.78 is 58.1. The molecule has 4 aliphatic heterocycles. The number of nitriles is 2. The molecule has 0 fully saturated rings. The number of carbonyl (C=O) groups is 4. The molecule has 8 rings (SSSR count). The molecule has 17 heteroatoms. The molecule has 63 heavy (non-hydrogen) atoms. The van der Waals surface area contributed by atoms with Crippen molar-refractivity contribution in [3.8, 4) is 12.1 Å². The predicted molar refractivity (Wildman–Crippen MR) is 221 cm³/mol. The number of amides is 6. The van der Waals surface area contributed by atoms with Crippen molar-refractivity contribution in [3.63, 3.8) is 0 Å². The van der Waals surface area contributed by atoms with Crippen molar-refractivity contribution in [1.82, 2.24) is 20.4 Å². The van der Waals surface area contributed by atoms with Gasteiger partial charge in [-0.2, -0.15) is 10.5 Å². The smallest absolute Gasteiger partial charge is 0.327 e. The summed E-state index contributed by atoms with van der Waals surface area (Å²) in [6, 6.07) is 19.4. The van der Waals surface area contributed by atoms with Gasteiger partial charge in [0.15, 0.2) is 0 Å². The first-order chi connectivity index (χ1) is 30.1. The molecule has 0 bridgehead atoms. The number of nitrogens with zero attached hydrogens (tertiary/aromatic N) is 7. The van der Waals surface area contributed by atoms with Crippen molar-refractivity contribution in [3.05, 3.63) is 153 Å². The maximum Gasteiger partial charge on any atom is 0.327 e. The average Bonchev–Trinajstić information content (AvgIpc) is 3.74. The molecule has 4 aromatic rings. The molecule has 0 aromatic heterocycles. The first-order valence-electron chi connectivity index (χ1n) is 20.1. The lowest BCUT2D eigenvalue weighted by atomic mass is 9.94. The normalized spacial score (nSPS) is 18.7. The van der Waals surface area contributed by atoms with Gasteiger partial charge in [-0.15, -0.1) is 0 Å². The molecule has 6 amide bonds. The topological polar surface area (TPSA) is 153 Å². The molecular formula is C46H40F4N9O4+. The van der Waals surface area contributed by atoms with Gasteiger partial charge in [0.2, 0.25) is 0 Å². The second-order valence-corrected chi connectivity index (χ2v) is 16.4. The third-order valence-corrected chi connectivity index (χ3v) is 11.7. The Kier molecular flexibility index (Phi) is 11.2. The van der Waals surface area contributed by atoms with E-state index in [-0.39, 0.29) is 47.4 Å². The van der Waals surface area contributed by atoms with Gasteiger partial charge >= 0.3 is 12.1 Å². The largest absolute Gasteiger partial charge is 0.333 e. The van der Waals surface area contributed by atoms with Crippen LogP contribution in [0.4, 0.5) is 38.5 Å². The maximum atomic E-state index is 14.4. The molecule has 0 radical (unpaired) electrons. The van der Waals surface area contributed by atoms with E-state index in [9.17, 15) is 47.3 Å². The van der Waals surface area contributed by atoms with Crippen molar-refractivity contribution in [2.75, 3.05) is 63.2 Å². The van der Waals surface area contributed by atoms with Crippen LogP contribution < -0.4 is 20.4 Å². The Morgan fingerprint density at radius 1 is 0.587 bits per heavy atom. The van der Waals surface area contributed by atoms with E-state index in [4.69, 9.17) is 0 Å². The fourth-order valence-corrected chi connectivity index (χ4v) is 8.73. The van der Waals surface area contributed by atoms with Gasteiger partial charge in [0.05, 0.1) is 110 Å². The number of urea groups is 2. The highest BCUT2D eigenvalue weighted by atomic mass is 19.1. The summed E-state index contributed by atoms with van der Waals surface area (Å²) in [5.74, 6) is -4.25. The third-order valence-electron chi connectivity index (χ3n) is 11.7. The van der Waals surface area contributed by atoms with Crippen molar-refractivity contribution < 1.29 is 41.2 Å². The molecule has 2 atom stereocenters. The molecule has 320 valence electrons. The molecule has 4 heterocycles. The lowest BCUT2D eigenvalue weighted by molar-refractivity contribution is -0.890. The summed E-state index contributed by atoms with van der Waals surface area (Å²) in [7, 11) is 4.02. The first kappa shape index (κ1) is 42.2. The van der Waals surface area contributed by atoms with E-state index in [1.807, 2.05) is 26.2 Å². The SMILES string of the molecule is C[N+](C)(CCCN1CC2=C(C1=O)[C@@H](c1ccc(C#N)cc1)NC(=O)N2c1cc(F)cc(F)c1)CCCN1CC2=C(C1=O)[C@@H](c1ccc(C#N)cc1)NC(=O)N2c1cc(F)cc(F)c1. The van der Waals surface area contributed by atoms with Gasteiger partial charge in [0, 0.05) is 38.1 Å². The molecule has 13 nitrogen and oxygen atoms in total. The number of halogens is 4. The Labute approximate surface area is 359 Å². The summed E-state index contributed by atoms with van der Waals surface area (Å²) in [4.78, 5) is 61.0. The summed E-state index contributed by atoms with van der Waals surface area (Å²) in [5, 5.41) is 24.2. The second kappa shape index (κ2) is 16.8. The van der Waals surface area contributed by atoms with Crippen LogP contribution in [0, 0.1) is 45.9 Å². The Hall–Kier alpha value is -7.50. The molecule has 0 spiro atoms. The minimum Gasteiger partial charge on any atom is -0.333 e. The van der Waals surface area contributed by atoms with Gasteiger partial charge in [-0.05, 0) is 59.7 Å². The van der Waals surface area contributed by atoms with Crippen LogP contribution in [0.5, 0.6) is 0 Å². The van der Waals surface area contributed by atoms with Crippen LogP contribution in [0.2, 0.25) is 0 Å². The molecule has 0 aliphatic carbocycles. The van der Waals surface area contributed by atoms with E-state index in [0.29, 0.717) is 89.3 Å². The fraction of sp³-hybridized carbons (Fsp3) is 0.261. The predicted octanol–water partition coefficient (Wildman–Crippen LogP) is 6.28. The molecule has 0 saturated carbocycles. The van der Waals surface area contributed by atoms with Crippen LogP contribution in [0.25, 0.3) is 0 Å². The average molecular weight is 859 g/mol. The first-order valence-corrected chi connectivity index (χ1v) is 20.1. The lowest BCUT2D eigenvalue weighted by Gasteiger charge is -2.33. The van der Waals surface area contributed by atoms with Gasteiger partial charge in [-0.25, -0.2) is 27.2 Å². The highest BCUT2D eigenvalue weighted by Crippen LogP contribution is 2.41. The lowest BCUT2D eigenvalue weighted by Crippen LogP contribution is -2.47. The molecule has 4 aliphatic rings. The zero-order valence-electron chi connectivity index (χ0n) is 34.2. The van der Waals surface area contributed by atoms with Crippen molar-refractivity contribution in [2.24, 2.45) is 0 Å². The number of nitrogens with one attached hydrogen (secondary N) is 2. The fourth-order valence-electron chi connectivity index (χ4n) is 8.73. The Morgan fingerprint density at radius 3 is 1.27 bits per heavy atom. The summed E-state index contributed by atoms with van der Waals surface area (Å²) in [6.45, 7) is 1.81. The summed E-state index contributed by atoms with van der Waals surface area (Å²) in [6.07, 6.45) is 1.07. The van der Waals surface area contributed by atoms with Crippen molar-refractivity contribution >= 4 is 35.3 Å². The quantitative estimate of drug-likeness (QED) is 0.127. The van der Waals surface area contributed by atoms with Crippen LogP contribution in [0.3, 0.4) is 0 Å². The maximum absolute atomic E-state index is 14.4. The number of anilines is 2. The molecular weight excluding hydrogens is 819 g/mol. The van der Waals surface area contributed by atoms with Gasteiger partial charge < -0.3 is 24.9 Å². The standard InChI is InChI=1S/C46H39F4N9O4/c1-59(2,15-3-13-55-25-37-39(43(55)60)41(29-9-5-27(23-51)6-10-29)53-45(62)57(37)35-19-31(47)17-32(48)20-35)16-4-14-56-26-38-40(44(56)61)42(30-11-7-28(24-52)8-12-30)54-46(63)58(38)36-21-33(49)18-34(50)22-36/h5-12,17-22,41-42H,3-4,13-16,25-26H2,1-2H3,(H-,53,54,62,63)/p+1/t41-,42-/m1/s1. The van der Waals surface area contributed by atoms with Crippen molar-refractivity contribution in [2.45, 2.75) is 24.9 Å². The number of carbonyl (C=O) groups excluding carboxylic acids is 4. The summed E-state index contributed by atoms with van der Waals surface area (Å²) >= 11 is 0. The van der Waals surface area contributed by atoms with Gasteiger partial charge in [-0.1, -0.05) is 24.3 Å². The minimum absolute atomic E-state index is 0.00870. The Morgan fingerprint density at radius 2 is 0.937 bits per heavy atom. The highest BCUT2D eigenvalue weighted by molar-refractivity contribution is 6.08. The van der Waals surface area contributed by atoms with E-state index < -0.39 is 47.4 Å². The third kappa shape index (κ3) is 8.30. The number of hydrogen-bond donors (Lipinski definition) is 2. The molecule has 0 unspecified atom stereocenters. The van der Waals surface area contributed by atoms with E-state index in [0.717, 1.165) is 34.1 Å². The van der Waals surface area contributed by atoms with E-state index in [2.05, 4.69) is 10.6 Å². The highest BCUT2D eigenvalue weighted by Gasteiger charge is 2.46. The van der Waals surface area contributed by atoms with Crippen LogP contribution in [-0.4, -0.2) is 91.5 Å². The zero-order valence-corrected chi connectivity index (χ0v) is 34.2. The molecule has 2 N–H and O–H groups in total. The Bertz CT molecular complexity index is 2480. The Balaban J connectivity index is 0.940. The van der Waals surface area contributed by atoms with Gasteiger partial charge in [-0.3, -0.25) is 19.4 Å². The molecule has 0 saturated heterocycles. The monoisotopic (exact) mass is 858 g/mol. The summed E-state index contributed by atoms with van der Waals surface area (Å²) in [5.41, 5.74) is 2.85. The number of quaternary nitrogens is 1. The number of hydrogen-bond acceptors (Lipinski definition) is 6. The van der Waals surface area contributed by atoms with E-state index >= 15 is 0 Å². The van der Waals surface area contributed by atoms with Crippen LogP contribution in [0.15, 0.2) is 107 Å². The number of rotatable bonds is 12.